The minimum atomic E-state index is -0.0155. The highest BCUT2D eigenvalue weighted by Crippen LogP contribution is 2.27. The predicted molar refractivity (Wildman–Crippen MR) is 78.9 cm³/mol. The number of nitrogen functional groups attached to an aromatic ring is 1. The number of nitriles is 1. The number of nitrogens with two attached hydrogens (primary N) is 1. The van der Waals surface area contributed by atoms with Gasteiger partial charge in [-0.2, -0.15) is 5.26 Å². The van der Waals surface area contributed by atoms with E-state index < -0.39 is 0 Å². The summed E-state index contributed by atoms with van der Waals surface area (Å²) >= 11 is 0. The van der Waals surface area contributed by atoms with Crippen LogP contribution in [-0.2, 0) is 4.79 Å². The first-order valence-electron chi connectivity index (χ1n) is 6.95. The molecule has 2 rings (SSSR count). The molecule has 1 saturated carbocycles. The minimum Gasteiger partial charge on any atom is -0.399 e. The Morgan fingerprint density at radius 3 is 2.90 bits per heavy atom. The Labute approximate surface area is 119 Å². The van der Waals surface area contributed by atoms with Gasteiger partial charge in [0.15, 0.2) is 0 Å². The minimum absolute atomic E-state index is 0.0155. The number of carbonyl (C=O) groups is 1. The van der Waals surface area contributed by atoms with E-state index in [0.717, 1.165) is 12.2 Å². The molecular weight excluding hydrogens is 252 g/mol. The molecule has 1 amide bonds. The average molecular weight is 272 g/mol. The van der Waals surface area contributed by atoms with Crippen molar-refractivity contribution in [3.8, 4) is 6.07 Å². The number of carbonyl (C=O) groups excluding carboxylic acids is 1. The van der Waals surface area contributed by atoms with Gasteiger partial charge in [-0.25, -0.2) is 0 Å². The molecule has 0 aromatic heterocycles. The lowest BCUT2D eigenvalue weighted by atomic mass is 10.2. The lowest BCUT2D eigenvalue weighted by molar-refractivity contribution is -0.116. The van der Waals surface area contributed by atoms with Gasteiger partial charge in [-0.1, -0.05) is 6.07 Å². The monoisotopic (exact) mass is 272 g/mol. The normalized spacial score (nSPS) is 14.0. The van der Waals surface area contributed by atoms with Crippen LogP contribution in [0.2, 0.25) is 0 Å². The Kier molecular flexibility index (Phi) is 4.97. The van der Waals surface area contributed by atoms with Gasteiger partial charge >= 0.3 is 0 Å². The van der Waals surface area contributed by atoms with E-state index in [1.54, 1.807) is 12.1 Å². The van der Waals surface area contributed by atoms with Crippen molar-refractivity contribution < 1.29 is 4.79 Å². The van der Waals surface area contributed by atoms with E-state index in [2.05, 4.69) is 16.3 Å². The molecule has 0 heterocycles. The quantitative estimate of drug-likeness (QED) is 0.743. The van der Waals surface area contributed by atoms with Crippen LogP contribution in [0, 0.1) is 11.3 Å². The molecular formula is C15H20N4O. The van der Waals surface area contributed by atoms with E-state index in [1.807, 2.05) is 12.1 Å². The van der Waals surface area contributed by atoms with Crippen molar-refractivity contribution in [3.63, 3.8) is 0 Å². The second-order valence-corrected chi connectivity index (χ2v) is 5.10. The summed E-state index contributed by atoms with van der Waals surface area (Å²) < 4.78 is 0. The molecule has 1 aromatic rings. The first-order valence-corrected chi connectivity index (χ1v) is 6.95. The van der Waals surface area contributed by atoms with Crippen molar-refractivity contribution >= 4 is 17.3 Å². The van der Waals surface area contributed by atoms with Crippen molar-refractivity contribution in [2.24, 2.45) is 0 Å². The van der Waals surface area contributed by atoms with E-state index in [0.29, 0.717) is 31.1 Å². The Morgan fingerprint density at radius 2 is 2.25 bits per heavy atom. The smallest absolute Gasteiger partial charge is 0.225 e. The standard InChI is InChI=1S/C15H20N4O/c16-8-2-9-19(14-5-6-14)10-7-15(20)18-13-4-1-3-12(17)11-13/h1,3-4,11,14H,2,5-7,9-10,17H2,(H,18,20). The molecule has 0 spiro atoms. The molecule has 1 fully saturated rings. The van der Waals surface area contributed by atoms with Gasteiger partial charge in [0.25, 0.3) is 0 Å². The lowest BCUT2D eigenvalue weighted by Gasteiger charge is -2.20. The molecule has 0 radical (unpaired) electrons. The van der Waals surface area contributed by atoms with E-state index in [-0.39, 0.29) is 5.91 Å². The van der Waals surface area contributed by atoms with Crippen LogP contribution in [0.15, 0.2) is 24.3 Å². The highest BCUT2D eigenvalue weighted by Gasteiger charge is 2.28. The highest BCUT2D eigenvalue weighted by atomic mass is 16.1. The van der Waals surface area contributed by atoms with Gasteiger partial charge in [0.05, 0.1) is 6.07 Å². The predicted octanol–water partition coefficient (Wildman–Crippen LogP) is 1.98. The summed E-state index contributed by atoms with van der Waals surface area (Å²) in [5.41, 5.74) is 7.03. The number of anilines is 2. The largest absolute Gasteiger partial charge is 0.399 e. The molecule has 20 heavy (non-hydrogen) atoms. The fourth-order valence-electron chi connectivity index (χ4n) is 2.20. The number of hydrogen-bond acceptors (Lipinski definition) is 4. The van der Waals surface area contributed by atoms with Crippen LogP contribution in [-0.4, -0.2) is 29.9 Å². The van der Waals surface area contributed by atoms with Crippen LogP contribution in [0.5, 0.6) is 0 Å². The molecule has 0 atom stereocenters. The van der Waals surface area contributed by atoms with Crippen molar-refractivity contribution in [1.82, 2.24) is 4.90 Å². The molecule has 1 aromatic carbocycles. The summed E-state index contributed by atoms with van der Waals surface area (Å²) in [6, 6.07) is 9.89. The number of rotatable bonds is 7. The van der Waals surface area contributed by atoms with E-state index >= 15 is 0 Å². The van der Waals surface area contributed by atoms with Crippen molar-refractivity contribution in [3.05, 3.63) is 24.3 Å². The fraction of sp³-hybridized carbons (Fsp3) is 0.467. The van der Waals surface area contributed by atoms with Crippen LogP contribution >= 0.6 is 0 Å². The molecule has 1 aliphatic carbocycles. The summed E-state index contributed by atoms with van der Waals surface area (Å²) in [5, 5.41) is 11.5. The molecule has 5 heteroatoms. The van der Waals surface area contributed by atoms with Crippen LogP contribution in [0.4, 0.5) is 11.4 Å². The maximum atomic E-state index is 11.9. The Hall–Kier alpha value is -2.06. The number of hydrogen-bond donors (Lipinski definition) is 2. The van der Waals surface area contributed by atoms with E-state index in [1.165, 1.54) is 12.8 Å². The van der Waals surface area contributed by atoms with Gasteiger partial charge in [0.1, 0.15) is 0 Å². The van der Waals surface area contributed by atoms with Crippen molar-refractivity contribution in [1.29, 1.82) is 5.26 Å². The third-order valence-electron chi connectivity index (χ3n) is 3.37. The Bertz CT molecular complexity index is 505. The maximum Gasteiger partial charge on any atom is 0.225 e. The zero-order valence-corrected chi connectivity index (χ0v) is 11.5. The van der Waals surface area contributed by atoms with Crippen molar-refractivity contribution in [2.45, 2.75) is 31.7 Å². The summed E-state index contributed by atoms with van der Waals surface area (Å²) in [4.78, 5) is 14.1. The lowest BCUT2D eigenvalue weighted by Crippen LogP contribution is -2.30. The number of amides is 1. The first-order chi connectivity index (χ1) is 9.69. The van der Waals surface area contributed by atoms with Crippen LogP contribution in [0.25, 0.3) is 0 Å². The van der Waals surface area contributed by atoms with Gasteiger partial charge in [0.2, 0.25) is 5.91 Å². The zero-order valence-electron chi connectivity index (χ0n) is 11.5. The third-order valence-corrected chi connectivity index (χ3v) is 3.37. The molecule has 0 aliphatic heterocycles. The van der Waals surface area contributed by atoms with Gasteiger partial charge in [-0.15, -0.1) is 0 Å². The molecule has 0 saturated heterocycles. The fourth-order valence-corrected chi connectivity index (χ4v) is 2.20. The second kappa shape index (κ2) is 6.92. The highest BCUT2D eigenvalue weighted by molar-refractivity contribution is 5.91. The summed E-state index contributed by atoms with van der Waals surface area (Å²) in [7, 11) is 0. The number of nitrogens with one attached hydrogen (secondary N) is 1. The molecule has 0 unspecified atom stereocenters. The molecule has 106 valence electrons. The third kappa shape index (κ3) is 4.56. The Morgan fingerprint density at radius 1 is 1.45 bits per heavy atom. The van der Waals surface area contributed by atoms with Crippen LogP contribution in [0.3, 0.4) is 0 Å². The van der Waals surface area contributed by atoms with Crippen LogP contribution in [0.1, 0.15) is 25.7 Å². The SMILES string of the molecule is N#CCCN(CCC(=O)Nc1cccc(N)c1)C1CC1. The van der Waals surface area contributed by atoms with E-state index in [9.17, 15) is 4.79 Å². The van der Waals surface area contributed by atoms with Gasteiger partial charge in [-0.05, 0) is 31.0 Å². The second-order valence-electron chi connectivity index (χ2n) is 5.10. The molecule has 3 N–H and O–H groups in total. The van der Waals surface area contributed by atoms with Gasteiger partial charge in [0, 0.05) is 43.3 Å². The average Bonchev–Trinajstić information content (AvgIpc) is 3.23. The summed E-state index contributed by atoms with van der Waals surface area (Å²) in [6.07, 6.45) is 3.33. The number of nitrogens with zero attached hydrogens (tertiary/aromatic N) is 2. The van der Waals surface area contributed by atoms with Crippen LogP contribution < -0.4 is 11.1 Å². The number of benzene rings is 1. The first kappa shape index (κ1) is 14.4. The zero-order chi connectivity index (χ0) is 14.4. The summed E-state index contributed by atoms with van der Waals surface area (Å²) in [5.74, 6) is -0.0155. The van der Waals surface area contributed by atoms with Gasteiger partial charge in [-0.3, -0.25) is 9.69 Å². The maximum absolute atomic E-state index is 11.9. The van der Waals surface area contributed by atoms with Crippen molar-refractivity contribution in [2.75, 3.05) is 24.1 Å². The van der Waals surface area contributed by atoms with Gasteiger partial charge < -0.3 is 11.1 Å². The topological polar surface area (TPSA) is 82.2 Å². The molecule has 0 bridgehead atoms. The van der Waals surface area contributed by atoms with E-state index in [4.69, 9.17) is 11.0 Å². The summed E-state index contributed by atoms with van der Waals surface area (Å²) in [6.45, 7) is 1.47. The Balaban J connectivity index is 1.77. The molecule has 5 nitrogen and oxygen atoms in total. The molecule has 1 aliphatic rings.